The van der Waals surface area contributed by atoms with Crippen LogP contribution in [0, 0.1) is 0 Å². The van der Waals surface area contributed by atoms with Gasteiger partial charge in [0.05, 0.1) is 11.3 Å². The Balaban J connectivity index is 2.20. The summed E-state index contributed by atoms with van der Waals surface area (Å²) in [5.74, 6) is -0.907. The lowest BCUT2D eigenvalue weighted by molar-refractivity contribution is 0.0697. The van der Waals surface area contributed by atoms with Crippen LogP contribution in [0.2, 0.25) is 0 Å². The molecule has 5 nitrogen and oxygen atoms in total. The van der Waals surface area contributed by atoms with Crippen molar-refractivity contribution < 1.29 is 15.0 Å². The quantitative estimate of drug-likeness (QED) is 0.814. The molecule has 1 aromatic rings. The molecule has 0 aliphatic carbocycles. The number of carbonyl (C=O) groups is 1. The van der Waals surface area contributed by atoms with Crippen molar-refractivity contribution in [3.8, 4) is 0 Å². The minimum Gasteiger partial charge on any atom is -0.478 e. The number of aromatic carboxylic acids is 1. The SMILES string of the molecule is CN1c2cc(C(=O)O)ccc2CN1CCCO. The molecule has 0 aromatic heterocycles. The summed E-state index contributed by atoms with van der Waals surface area (Å²) >= 11 is 0. The Labute approximate surface area is 99.9 Å². The maximum Gasteiger partial charge on any atom is 0.335 e. The van der Waals surface area contributed by atoms with E-state index in [1.54, 1.807) is 12.1 Å². The van der Waals surface area contributed by atoms with Crippen LogP contribution in [0.5, 0.6) is 0 Å². The van der Waals surface area contributed by atoms with Crippen LogP contribution in [-0.2, 0) is 6.54 Å². The maximum absolute atomic E-state index is 10.9. The standard InChI is InChI=1S/C12H16N2O3/c1-13-11-7-9(12(16)17)3-4-10(11)8-14(13)5-2-6-15/h3-4,7,15H,2,5-6,8H2,1H3,(H,16,17). The third kappa shape index (κ3) is 2.25. The average molecular weight is 236 g/mol. The number of hydrogen-bond acceptors (Lipinski definition) is 4. The number of benzene rings is 1. The van der Waals surface area contributed by atoms with Crippen LogP contribution < -0.4 is 5.01 Å². The van der Waals surface area contributed by atoms with Crippen molar-refractivity contribution >= 4 is 11.7 Å². The van der Waals surface area contributed by atoms with Gasteiger partial charge in [0.15, 0.2) is 0 Å². The predicted molar refractivity (Wildman–Crippen MR) is 63.9 cm³/mol. The first-order valence-electron chi connectivity index (χ1n) is 5.59. The Kier molecular flexibility index (Phi) is 3.31. The monoisotopic (exact) mass is 236 g/mol. The molecule has 2 N–H and O–H groups in total. The van der Waals surface area contributed by atoms with E-state index < -0.39 is 5.97 Å². The Morgan fingerprint density at radius 2 is 2.24 bits per heavy atom. The molecule has 5 heteroatoms. The molecule has 1 aliphatic rings. The van der Waals surface area contributed by atoms with Crippen LogP contribution in [-0.4, -0.2) is 41.4 Å². The zero-order chi connectivity index (χ0) is 12.4. The van der Waals surface area contributed by atoms with Gasteiger partial charge in [-0.15, -0.1) is 0 Å². The van der Waals surface area contributed by atoms with E-state index >= 15 is 0 Å². The van der Waals surface area contributed by atoms with Crippen molar-refractivity contribution in [2.24, 2.45) is 0 Å². The fraction of sp³-hybridized carbons (Fsp3) is 0.417. The topological polar surface area (TPSA) is 64.0 Å². The first-order valence-corrected chi connectivity index (χ1v) is 5.59. The molecule has 1 aromatic carbocycles. The highest BCUT2D eigenvalue weighted by molar-refractivity contribution is 5.89. The minimum atomic E-state index is -0.907. The summed E-state index contributed by atoms with van der Waals surface area (Å²) in [6.45, 7) is 1.71. The van der Waals surface area contributed by atoms with E-state index in [0.717, 1.165) is 24.3 Å². The molecule has 92 valence electrons. The number of hydrazine groups is 1. The second-order valence-corrected chi connectivity index (χ2v) is 4.14. The fourth-order valence-corrected chi connectivity index (χ4v) is 2.07. The zero-order valence-corrected chi connectivity index (χ0v) is 9.76. The lowest BCUT2D eigenvalue weighted by atomic mass is 10.1. The third-order valence-corrected chi connectivity index (χ3v) is 3.03. The summed E-state index contributed by atoms with van der Waals surface area (Å²) in [7, 11) is 1.91. The Bertz CT molecular complexity index is 434. The van der Waals surface area contributed by atoms with Crippen LogP contribution in [0.15, 0.2) is 18.2 Å². The molecule has 0 fully saturated rings. The van der Waals surface area contributed by atoms with Gasteiger partial charge in [-0.2, -0.15) is 0 Å². The normalized spacial score (nSPS) is 15.1. The molecule has 0 radical (unpaired) electrons. The highest BCUT2D eigenvalue weighted by Gasteiger charge is 2.24. The Morgan fingerprint density at radius 3 is 2.88 bits per heavy atom. The number of carboxylic acid groups (broad SMARTS) is 1. The van der Waals surface area contributed by atoms with Gasteiger partial charge in [-0.3, -0.25) is 0 Å². The number of anilines is 1. The van der Waals surface area contributed by atoms with E-state index in [1.807, 2.05) is 18.1 Å². The van der Waals surface area contributed by atoms with Gasteiger partial charge in [0.25, 0.3) is 0 Å². The van der Waals surface area contributed by atoms with Crippen molar-refractivity contribution in [1.82, 2.24) is 5.01 Å². The molecule has 0 amide bonds. The van der Waals surface area contributed by atoms with Gasteiger partial charge in [-0.05, 0) is 24.1 Å². The van der Waals surface area contributed by atoms with Crippen LogP contribution in [0.25, 0.3) is 0 Å². The predicted octanol–water partition coefficient (Wildman–Crippen LogP) is 0.934. The molecule has 0 bridgehead atoms. The third-order valence-electron chi connectivity index (χ3n) is 3.03. The maximum atomic E-state index is 10.9. The van der Waals surface area contributed by atoms with Gasteiger partial charge >= 0.3 is 5.97 Å². The largest absolute Gasteiger partial charge is 0.478 e. The summed E-state index contributed by atoms with van der Waals surface area (Å²) in [5.41, 5.74) is 2.36. The molecule has 17 heavy (non-hydrogen) atoms. The van der Waals surface area contributed by atoms with Gasteiger partial charge in [0.2, 0.25) is 0 Å². The molecule has 0 saturated carbocycles. The second-order valence-electron chi connectivity index (χ2n) is 4.14. The van der Waals surface area contributed by atoms with Crippen LogP contribution >= 0.6 is 0 Å². The highest BCUT2D eigenvalue weighted by atomic mass is 16.4. The second kappa shape index (κ2) is 4.73. The first kappa shape index (κ1) is 11.9. The number of carboxylic acids is 1. The minimum absolute atomic E-state index is 0.168. The van der Waals surface area contributed by atoms with E-state index in [9.17, 15) is 4.79 Å². The Morgan fingerprint density at radius 1 is 1.47 bits per heavy atom. The lowest BCUT2D eigenvalue weighted by Gasteiger charge is -2.25. The zero-order valence-electron chi connectivity index (χ0n) is 9.76. The Hall–Kier alpha value is -1.59. The summed E-state index contributed by atoms with van der Waals surface area (Å²) < 4.78 is 0. The molecule has 0 unspecified atom stereocenters. The van der Waals surface area contributed by atoms with Crippen molar-refractivity contribution in [3.05, 3.63) is 29.3 Å². The first-order chi connectivity index (χ1) is 8.13. The molecule has 0 atom stereocenters. The summed E-state index contributed by atoms with van der Waals surface area (Å²) in [6, 6.07) is 5.18. The van der Waals surface area contributed by atoms with Gasteiger partial charge in [0, 0.05) is 26.7 Å². The van der Waals surface area contributed by atoms with Crippen molar-refractivity contribution in [3.63, 3.8) is 0 Å². The van der Waals surface area contributed by atoms with E-state index in [0.29, 0.717) is 12.0 Å². The molecule has 2 rings (SSSR count). The number of nitrogens with zero attached hydrogens (tertiary/aromatic N) is 2. The van der Waals surface area contributed by atoms with Gasteiger partial charge in [0.1, 0.15) is 0 Å². The number of hydrogen-bond donors (Lipinski definition) is 2. The molecule has 1 aliphatic heterocycles. The molecular formula is C12H16N2O3. The van der Waals surface area contributed by atoms with Crippen LogP contribution in [0.1, 0.15) is 22.3 Å². The molecule has 0 saturated heterocycles. The van der Waals surface area contributed by atoms with E-state index in [1.165, 1.54) is 0 Å². The highest BCUT2D eigenvalue weighted by Crippen LogP contribution is 2.30. The van der Waals surface area contributed by atoms with E-state index in [-0.39, 0.29) is 6.61 Å². The lowest BCUT2D eigenvalue weighted by Crippen LogP contribution is -2.35. The summed E-state index contributed by atoms with van der Waals surface area (Å²) in [6.07, 6.45) is 0.712. The molecule has 0 spiro atoms. The smallest absolute Gasteiger partial charge is 0.335 e. The van der Waals surface area contributed by atoms with Gasteiger partial charge in [-0.25, -0.2) is 9.80 Å². The number of rotatable bonds is 4. The summed E-state index contributed by atoms with van der Waals surface area (Å²) in [4.78, 5) is 10.9. The number of aliphatic hydroxyl groups is 1. The van der Waals surface area contributed by atoms with Crippen LogP contribution in [0.4, 0.5) is 5.69 Å². The van der Waals surface area contributed by atoms with Crippen molar-refractivity contribution in [2.75, 3.05) is 25.2 Å². The van der Waals surface area contributed by atoms with E-state index in [2.05, 4.69) is 5.01 Å². The van der Waals surface area contributed by atoms with Crippen molar-refractivity contribution in [1.29, 1.82) is 0 Å². The van der Waals surface area contributed by atoms with Crippen molar-refractivity contribution in [2.45, 2.75) is 13.0 Å². The molecule has 1 heterocycles. The molecular weight excluding hydrogens is 220 g/mol. The van der Waals surface area contributed by atoms with Gasteiger partial charge in [-0.1, -0.05) is 6.07 Å². The average Bonchev–Trinajstić information content (AvgIpc) is 2.63. The summed E-state index contributed by atoms with van der Waals surface area (Å²) in [5, 5.41) is 21.8. The number of aliphatic hydroxyl groups excluding tert-OH is 1. The number of fused-ring (bicyclic) bond motifs is 1. The fourth-order valence-electron chi connectivity index (χ4n) is 2.07. The van der Waals surface area contributed by atoms with Crippen LogP contribution in [0.3, 0.4) is 0 Å². The van der Waals surface area contributed by atoms with Gasteiger partial charge < -0.3 is 15.2 Å². The van der Waals surface area contributed by atoms with E-state index in [4.69, 9.17) is 10.2 Å².